The van der Waals surface area contributed by atoms with Gasteiger partial charge in [-0.05, 0) is 0 Å². The second-order valence-electron chi connectivity index (χ2n) is 4.68. The first-order valence-corrected chi connectivity index (χ1v) is 6.71. The van der Waals surface area contributed by atoms with E-state index >= 15 is 0 Å². The molecular formula is C13H21NO8. The molecule has 9 heteroatoms. The van der Waals surface area contributed by atoms with E-state index in [0.717, 1.165) is 6.08 Å². The SMILES string of the molecule is C=CC(=O)OCCOC1OC(CO)[C@H](O)[C@H](O)C1NC(C)=O. The molecule has 5 atom stereocenters. The Morgan fingerprint density at radius 3 is 2.55 bits per heavy atom. The number of amides is 1. The fourth-order valence-electron chi connectivity index (χ4n) is 1.98. The molecule has 0 radical (unpaired) electrons. The number of hydrogen-bond donors (Lipinski definition) is 4. The molecule has 0 aromatic rings. The van der Waals surface area contributed by atoms with E-state index < -0.39 is 49.1 Å². The van der Waals surface area contributed by atoms with Crippen LogP contribution in [0.15, 0.2) is 12.7 Å². The molecule has 0 aromatic carbocycles. The molecule has 4 N–H and O–H groups in total. The molecule has 1 amide bonds. The van der Waals surface area contributed by atoms with Gasteiger partial charge in [-0.25, -0.2) is 4.79 Å². The van der Waals surface area contributed by atoms with Crippen molar-refractivity contribution in [2.45, 2.75) is 37.6 Å². The lowest BCUT2D eigenvalue weighted by Crippen LogP contribution is -2.64. The number of aliphatic hydroxyl groups is 3. The van der Waals surface area contributed by atoms with Crippen molar-refractivity contribution < 1.29 is 39.1 Å². The van der Waals surface area contributed by atoms with Crippen molar-refractivity contribution in [1.82, 2.24) is 5.32 Å². The number of carbonyl (C=O) groups is 2. The van der Waals surface area contributed by atoms with E-state index in [1.165, 1.54) is 6.92 Å². The summed E-state index contributed by atoms with van der Waals surface area (Å²) in [6, 6.07) is -1.02. The van der Waals surface area contributed by atoms with Crippen LogP contribution in [0.2, 0.25) is 0 Å². The van der Waals surface area contributed by atoms with E-state index in [1.807, 2.05) is 0 Å². The third kappa shape index (κ3) is 5.04. The van der Waals surface area contributed by atoms with Gasteiger partial charge in [-0.2, -0.15) is 0 Å². The van der Waals surface area contributed by atoms with Crippen molar-refractivity contribution in [1.29, 1.82) is 0 Å². The maximum atomic E-state index is 11.2. The highest BCUT2D eigenvalue weighted by Crippen LogP contribution is 2.22. The second kappa shape index (κ2) is 8.81. The van der Waals surface area contributed by atoms with Crippen molar-refractivity contribution >= 4 is 11.9 Å². The van der Waals surface area contributed by atoms with Gasteiger partial charge in [-0.15, -0.1) is 0 Å². The summed E-state index contributed by atoms with van der Waals surface area (Å²) in [6.45, 7) is 3.79. The van der Waals surface area contributed by atoms with Crippen molar-refractivity contribution in [3.05, 3.63) is 12.7 Å². The van der Waals surface area contributed by atoms with Gasteiger partial charge in [0.2, 0.25) is 5.91 Å². The summed E-state index contributed by atoms with van der Waals surface area (Å²) in [6.07, 6.45) is -3.92. The van der Waals surface area contributed by atoms with Gasteiger partial charge in [0.1, 0.15) is 31.0 Å². The number of hydrogen-bond acceptors (Lipinski definition) is 8. The quantitative estimate of drug-likeness (QED) is 0.233. The number of esters is 1. The first-order valence-electron chi connectivity index (χ1n) is 6.71. The molecule has 0 spiro atoms. The van der Waals surface area contributed by atoms with Gasteiger partial charge in [0, 0.05) is 13.0 Å². The van der Waals surface area contributed by atoms with Crippen LogP contribution in [0.4, 0.5) is 0 Å². The average molecular weight is 319 g/mol. The molecule has 22 heavy (non-hydrogen) atoms. The predicted octanol–water partition coefficient (Wildman–Crippen LogP) is -2.32. The van der Waals surface area contributed by atoms with Crippen molar-refractivity contribution in [3.8, 4) is 0 Å². The second-order valence-corrected chi connectivity index (χ2v) is 4.68. The molecule has 0 saturated carbocycles. The largest absolute Gasteiger partial charge is 0.460 e. The molecule has 0 aromatic heterocycles. The van der Waals surface area contributed by atoms with Crippen LogP contribution in [-0.2, 0) is 23.8 Å². The van der Waals surface area contributed by atoms with Gasteiger partial charge in [0.25, 0.3) is 0 Å². The number of nitrogens with one attached hydrogen (secondary N) is 1. The first-order chi connectivity index (χ1) is 10.4. The summed E-state index contributed by atoms with van der Waals surface area (Å²) in [5.74, 6) is -1.07. The summed E-state index contributed by atoms with van der Waals surface area (Å²) in [5.41, 5.74) is 0. The van der Waals surface area contributed by atoms with Crippen LogP contribution >= 0.6 is 0 Å². The van der Waals surface area contributed by atoms with Crippen LogP contribution in [0, 0.1) is 0 Å². The standard InChI is InChI=1S/C13H21NO8/c1-3-9(17)20-4-5-21-13-10(14-7(2)16)12(19)11(18)8(6-15)22-13/h3,8,10-13,15,18-19H,1,4-6H2,2H3,(H,14,16)/t8?,10?,11-,12+,13?/m0/s1. The average Bonchev–Trinajstić information content (AvgIpc) is 2.49. The van der Waals surface area contributed by atoms with E-state index in [0.29, 0.717) is 0 Å². The van der Waals surface area contributed by atoms with Gasteiger partial charge in [-0.1, -0.05) is 6.58 Å². The van der Waals surface area contributed by atoms with Gasteiger partial charge in [0.15, 0.2) is 6.29 Å². The lowest BCUT2D eigenvalue weighted by molar-refractivity contribution is -0.271. The van der Waals surface area contributed by atoms with Crippen LogP contribution in [-0.4, -0.2) is 77.7 Å². The lowest BCUT2D eigenvalue weighted by atomic mass is 9.97. The van der Waals surface area contributed by atoms with Crippen LogP contribution in [0.1, 0.15) is 6.92 Å². The van der Waals surface area contributed by atoms with Crippen LogP contribution < -0.4 is 5.32 Å². The maximum Gasteiger partial charge on any atom is 0.330 e. The van der Waals surface area contributed by atoms with E-state index in [9.17, 15) is 19.8 Å². The third-order valence-electron chi connectivity index (χ3n) is 3.03. The Hall–Kier alpha value is -1.52. The molecule has 3 unspecified atom stereocenters. The number of ether oxygens (including phenoxy) is 3. The summed E-state index contributed by atoms with van der Waals surface area (Å²) in [5, 5.41) is 31.3. The fraction of sp³-hybridized carbons (Fsp3) is 0.692. The molecule has 1 aliphatic heterocycles. The smallest absolute Gasteiger partial charge is 0.330 e. The monoisotopic (exact) mass is 319 g/mol. The maximum absolute atomic E-state index is 11.2. The van der Waals surface area contributed by atoms with Gasteiger partial charge < -0.3 is 34.8 Å². The minimum atomic E-state index is -1.38. The lowest BCUT2D eigenvalue weighted by Gasteiger charge is -2.42. The number of rotatable bonds is 7. The van der Waals surface area contributed by atoms with E-state index in [2.05, 4.69) is 11.9 Å². The van der Waals surface area contributed by atoms with Crippen molar-refractivity contribution in [2.75, 3.05) is 19.8 Å². The molecule has 1 saturated heterocycles. The Bertz CT molecular complexity index is 402. The molecule has 1 fully saturated rings. The third-order valence-corrected chi connectivity index (χ3v) is 3.03. The number of aliphatic hydroxyl groups excluding tert-OH is 3. The van der Waals surface area contributed by atoms with Crippen LogP contribution in [0.5, 0.6) is 0 Å². The zero-order valence-electron chi connectivity index (χ0n) is 12.2. The van der Waals surface area contributed by atoms with Gasteiger partial charge in [-0.3, -0.25) is 4.79 Å². The molecule has 0 bridgehead atoms. The molecular weight excluding hydrogens is 298 g/mol. The van der Waals surface area contributed by atoms with Gasteiger partial charge in [0.05, 0.1) is 13.2 Å². The molecule has 1 rings (SSSR count). The highest BCUT2D eigenvalue weighted by molar-refractivity contribution is 5.81. The topological polar surface area (TPSA) is 135 Å². The summed E-state index contributed by atoms with van der Waals surface area (Å²) < 4.78 is 15.3. The minimum absolute atomic E-state index is 0.0682. The Kier molecular flexibility index (Phi) is 7.42. The minimum Gasteiger partial charge on any atom is -0.460 e. The van der Waals surface area contributed by atoms with Crippen LogP contribution in [0.3, 0.4) is 0 Å². The molecule has 0 aliphatic carbocycles. The molecule has 1 heterocycles. The Labute approximate surface area is 127 Å². The number of carbonyl (C=O) groups excluding carboxylic acids is 2. The Morgan fingerprint density at radius 1 is 1.32 bits per heavy atom. The Balaban J connectivity index is 2.62. The summed E-state index contributed by atoms with van der Waals surface area (Å²) >= 11 is 0. The zero-order chi connectivity index (χ0) is 16.7. The van der Waals surface area contributed by atoms with Crippen LogP contribution in [0.25, 0.3) is 0 Å². The zero-order valence-corrected chi connectivity index (χ0v) is 12.2. The summed E-state index contributed by atoms with van der Waals surface area (Å²) in [7, 11) is 0. The van der Waals surface area contributed by atoms with E-state index in [4.69, 9.17) is 19.3 Å². The fourth-order valence-corrected chi connectivity index (χ4v) is 1.98. The molecule has 1 aliphatic rings. The van der Waals surface area contributed by atoms with Gasteiger partial charge >= 0.3 is 5.97 Å². The van der Waals surface area contributed by atoms with E-state index in [1.54, 1.807) is 0 Å². The highest BCUT2D eigenvalue weighted by Gasteiger charge is 2.45. The summed E-state index contributed by atoms with van der Waals surface area (Å²) in [4.78, 5) is 22.1. The highest BCUT2D eigenvalue weighted by atomic mass is 16.7. The Morgan fingerprint density at radius 2 is 2.00 bits per heavy atom. The van der Waals surface area contributed by atoms with E-state index in [-0.39, 0.29) is 13.2 Å². The normalized spacial score (nSPS) is 31.4. The van der Waals surface area contributed by atoms with Crippen molar-refractivity contribution in [3.63, 3.8) is 0 Å². The predicted molar refractivity (Wildman–Crippen MR) is 72.5 cm³/mol. The molecule has 126 valence electrons. The first kappa shape index (κ1) is 18.5. The molecule has 9 nitrogen and oxygen atoms in total. The van der Waals surface area contributed by atoms with Crippen molar-refractivity contribution in [2.24, 2.45) is 0 Å².